The van der Waals surface area contributed by atoms with Crippen LogP contribution < -0.4 is 10.2 Å². The van der Waals surface area contributed by atoms with Crippen molar-refractivity contribution in [3.63, 3.8) is 0 Å². The van der Waals surface area contributed by atoms with E-state index in [9.17, 15) is 0 Å². The average Bonchev–Trinajstić information content (AvgIpc) is 2.81. The predicted molar refractivity (Wildman–Crippen MR) is 91.9 cm³/mol. The highest BCUT2D eigenvalue weighted by molar-refractivity contribution is 5.47. The lowest BCUT2D eigenvalue weighted by atomic mass is 10.1. The van der Waals surface area contributed by atoms with E-state index in [0.29, 0.717) is 0 Å². The molecule has 1 aliphatic heterocycles. The highest BCUT2D eigenvalue weighted by Gasteiger charge is 2.20. The van der Waals surface area contributed by atoms with Gasteiger partial charge in [0.15, 0.2) is 0 Å². The fraction of sp³-hybridized carbons (Fsp3) is 0.667. The molecule has 1 aromatic carbocycles. The molecule has 0 radical (unpaired) electrons. The summed E-state index contributed by atoms with van der Waals surface area (Å²) in [4.78, 5) is 4.82. The molecule has 1 saturated heterocycles. The molecule has 1 N–H and O–H groups in total. The summed E-state index contributed by atoms with van der Waals surface area (Å²) in [7, 11) is 4.43. The predicted octanol–water partition coefficient (Wildman–Crippen LogP) is 2.96. The number of hydrogen-bond acceptors (Lipinski definition) is 3. The normalized spacial score (nSPS) is 20.0. The smallest absolute Gasteiger partial charge is 0.0363 e. The van der Waals surface area contributed by atoms with Gasteiger partial charge in [-0.05, 0) is 64.4 Å². The summed E-state index contributed by atoms with van der Waals surface area (Å²) in [5.74, 6) is 0.808. The van der Waals surface area contributed by atoms with E-state index in [1.54, 1.807) is 0 Å². The van der Waals surface area contributed by atoms with Crippen LogP contribution in [0.25, 0.3) is 0 Å². The summed E-state index contributed by atoms with van der Waals surface area (Å²) in [5, 5.41) is 3.53. The van der Waals surface area contributed by atoms with Crippen molar-refractivity contribution in [3.05, 3.63) is 29.8 Å². The maximum absolute atomic E-state index is 3.53. The van der Waals surface area contributed by atoms with E-state index >= 15 is 0 Å². The summed E-state index contributed by atoms with van der Waals surface area (Å²) in [6.45, 7) is 11.2. The maximum Gasteiger partial charge on any atom is 0.0363 e. The number of likely N-dealkylation sites (tertiary alicyclic amines) is 1. The van der Waals surface area contributed by atoms with Gasteiger partial charge in [0.2, 0.25) is 0 Å². The zero-order valence-electron chi connectivity index (χ0n) is 14.3. The molecule has 0 saturated carbocycles. The van der Waals surface area contributed by atoms with Crippen LogP contribution in [0.3, 0.4) is 0 Å². The van der Waals surface area contributed by atoms with Crippen LogP contribution in [0, 0.1) is 5.92 Å². The number of benzene rings is 1. The second-order valence-corrected chi connectivity index (χ2v) is 7.57. The molecule has 0 amide bonds. The zero-order chi connectivity index (χ0) is 15.5. The molecule has 0 bridgehead atoms. The molecule has 0 aromatic heterocycles. The molecule has 1 unspecified atom stereocenters. The first-order valence-corrected chi connectivity index (χ1v) is 8.07. The molecule has 0 aliphatic carbocycles. The van der Waals surface area contributed by atoms with Gasteiger partial charge in [-0.2, -0.15) is 0 Å². The first kappa shape index (κ1) is 16.3. The maximum atomic E-state index is 3.53. The van der Waals surface area contributed by atoms with Crippen molar-refractivity contribution >= 4 is 5.69 Å². The highest BCUT2D eigenvalue weighted by atomic mass is 15.1. The van der Waals surface area contributed by atoms with Crippen molar-refractivity contribution in [1.82, 2.24) is 10.2 Å². The quantitative estimate of drug-likeness (QED) is 0.899. The minimum absolute atomic E-state index is 0.171. The molecule has 21 heavy (non-hydrogen) atoms. The Balaban J connectivity index is 1.86. The Kier molecular flexibility index (Phi) is 5.28. The second-order valence-electron chi connectivity index (χ2n) is 7.57. The van der Waals surface area contributed by atoms with Gasteiger partial charge < -0.3 is 15.1 Å². The molecule has 2 rings (SSSR count). The SMILES string of the molecule is CN1CCC(CN(C)c2ccc(CNC(C)(C)C)cc2)C1. The van der Waals surface area contributed by atoms with Crippen molar-refractivity contribution in [3.8, 4) is 0 Å². The third-order valence-corrected chi connectivity index (χ3v) is 4.22. The summed E-state index contributed by atoms with van der Waals surface area (Å²) in [6.07, 6.45) is 1.33. The Morgan fingerprint density at radius 2 is 1.90 bits per heavy atom. The Bertz CT molecular complexity index is 433. The lowest BCUT2D eigenvalue weighted by Gasteiger charge is -2.24. The van der Waals surface area contributed by atoms with Crippen LogP contribution >= 0.6 is 0 Å². The van der Waals surface area contributed by atoms with Gasteiger partial charge in [-0.1, -0.05) is 12.1 Å². The lowest BCUT2D eigenvalue weighted by molar-refractivity contribution is 0.396. The van der Waals surface area contributed by atoms with Gasteiger partial charge >= 0.3 is 0 Å². The average molecular weight is 289 g/mol. The third kappa shape index (κ3) is 5.33. The van der Waals surface area contributed by atoms with Gasteiger partial charge in [-0.15, -0.1) is 0 Å². The lowest BCUT2D eigenvalue weighted by Crippen LogP contribution is -2.35. The van der Waals surface area contributed by atoms with Crippen molar-refractivity contribution < 1.29 is 0 Å². The third-order valence-electron chi connectivity index (χ3n) is 4.22. The van der Waals surface area contributed by atoms with E-state index in [0.717, 1.165) is 19.0 Å². The molecule has 1 heterocycles. The summed E-state index contributed by atoms with van der Waals surface area (Å²) in [6, 6.07) is 8.98. The van der Waals surface area contributed by atoms with Crippen molar-refractivity contribution in [2.75, 3.05) is 38.6 Å². The number of nitrogens with one attached hydrogen (secondary N) is 1. The second kappa shape index (κ2) is 6.80. The highest BCUT2D eigenvalue weighted by Crippen LogP contribution is 2.20. The summed E-state index contributed by atoms with van der Waals surface area (Å²) < 4.78 is 0. The fourth-order valence-electron chi connectivity index (χ4n) is 2.90. The van der Waals surface area contributed by atoms with E-state index in [-0.39, 0.29) is 5.54 Å². The van der Waals surface area contributed by atoms with E-state index in [1.165, 1.54) is 30.8 Å². The molecule has 118 valence electrons. The van der Waals surface area contributed by atoms with Gasteiger partial charge in [0.25, 0.3) is 0 Å². The molecule has 3 heteroatoms. The van der Waals surface area contributed by atoms with Gasteiger partial charge in [0, 0.05) is 37.9 Å². The minimum Gasteiger partial charge on any atom is -0.374 e. The van der Waals surface area contributed by atoms with Gasteiger partial charge in [-0.3, -0.25) is 0 Å². The Labute approximate surface area is 130 Å². The first-order valence-electron chi connectivity index (χ1n) is 8.07. The van der Waals surface area contributed by atoms with Gasteiger partial charge in [0.1, 0.15) is 0 Å². The van der Waals surface area contributed by atoms with E-state index < -0.39 is 0 Å². The largest absolute Gasteiger partial charge is 0.374 e. The zero-order valence-corrected chi connectivity index (χ0v) is 14.3. The Hall–Kier alpha value is -1.06. The van der Waals surface area contributed by atoms with Crippen LogP contribution in [0.15, 0.2) is 24.3 Å². The number of rotatable bonds is 5. The minimum atomic E-state index is 0.171. The van der Waals surface area contributed by atoms with Crippen LogP contribution in [0.5, 0.6) is 0 Å². The monoisotopic (exact) mass is 289 g/mol. The molecule has 1 aromatic rings. The first-order chi connectivity index (χ1) is 9.83. The fourth-order valence-corrected chi connectivity index (χ4v) is 2.90. The van der Waals surface area contributed by atoms with E-state index in [1.807, 2.05) is 0 Å². The number of nitrogens with zero attached hydrogens (tertiary/aromatic N) is 2. The summed E-state index contributed by atoms with van der Waals surface area (Å²) in [5.41, 5.74) is 2.84. The molecule has 0 spiro atoms. The molecule has 1 aliphatic rings. The van der Waals surface area contributed by atoms with Gasteiger partial charge in [0.05, 0.1) is 0 Å². The Morgan fingerprint density at radius 1 is 1.24 bits per heavy atom. The van der Waals surface area contributed by atoms with E-state index in [2.05, 4.69) is 74.2 Å². The van der Waals surface area contributed by atoms with Crippen LogP contribution in [0.2, 0.25) is 0 Å². The molecular weight excluding hydrogens is 258 g/mol. The topological polar surface area (TPSA) is 18.5 Å². The standard InChI is InChI=1S/C18H31N3/c1-18(2,3)19-12-15-6-8-17(9-7-15)21(5)14-16-10-11-20(4)13-16/h6-9,16,19H,10-14H2,1-5H3. The van der Waals surface area contributed by atoms with Crippen LogP contribution in [-0.4, -0.2) is 44.2 Å². The number of hydrogen-bond donors (Lipinski definition) is 1. The van der Waals surface area contributed by atoms with Crippen LogP contribution in [0.1, 0.15) is 32.8 Å². The molecule has 1 fully saturated rings. The van der Waals surface area contributed by atoms with E-state index in [4.69, 9.17) is 0 Å². The molecule has 3 nitrogen and oxygen atoms in total. The number of anilines is 1. The Morgan fingerprint density at radius 3 is 2.43 bits per heavy atom. The van der Waals surface area contributed by atoms with Crippen molar-refractivity contribution in [1.29, 1.82) is 0 Å². The van der Waals surface area contributed by atoms with Crippen LogP contribution in [-0.2, 0) is 6.54 Å². The van der Waals surface area contributed by atoms with Crippen molar-refractivity contribution in [2.45, 2.75) is 39.3 Å². The van der Waals surface area contributed by atoms with Crippen LogP contribution in [0.4, 0.5) is 5.69 Å². The van der Waals surface area contributed by atoms with Gasteiger partial charge in [-0.25, -0.2) is 0 Å². The van der Waals surface area contributed by atoms with Crippen molar-refractivity contribution in [2.24, 2.45) is 5.92 Å². The summed E-state index contributed by atoms with van der Waals surface area (Å²) >= 11 is 0. The molecule has 1 atom stereocenters. The molecular formula is C18H31N3.